The van der Waals surface area contributed by atoms with Crippen molar-refractivity contribution in [3.63, 3.8) is 0 Å². The van der Waals surface area contributed by atoms with E-state index < -0.39 is 12.7 Å². The summed E-state index contributed by atoms with van der Waals surface area (Å²) in [5.41, 5.74) is 0.457. The van der Waals surface area contributed by atoms with Crippen molar-refractivity contribution in [2.75, 3.05) is 36.6 Å². The van der Waals surface area contributed by atoms with Crippen molar-refractivity contribution >= 4 is 17.5 Å². The fraction of sp³-hybridized carbons (Fsp3) is 0.308. The average molecular weight is 312 g/mol. The lowest BCUT2D eigenvalue weighted by Crippen LogP contribution is -2.22. The van der Waals surface area contributed by atoms with Crippen molar-refractivity contribution in [2.24, 2.45) is 0 Å². The smallest absolute Gasteiger partial charge is 0.373 e. The van der Waals surface area contributed by atoms with E-state index in [1.807, 2.05) is 0 Å². The minimum absolute atomic E-state index is 0.0725. The summed E-state index contributed by atoms with van der Waals surface area (Å²) in [6, 6.07) is 6.60. The number of hydrogen-bond donors (Lipinski definition) is 3. The molecule has 118 valence electrons. The highest BCUT2D eigenvalue weighted by atomic mass is 19.4. The first-order chi connectivity index (χ1) is 10.4. The highest BCUT2D eigenvalue weighted by Gasteiger charge is 2.27. The fourth-order valence-electron chi connectivity index (χ4n) is 1.67. The van der Waals surface area contributed by atoms with Gasteiger partial charge in [-0.2, -0.15) is 13.2 Å². The molecule has 9 heteroatoms. The highest BCUT2D eigenvalue weighted by molar-refractivity contribution is 5.59. The predicted molar refractivity (Wildman–Crippen MR) is 78.9 cm³/mol. The molecule has 0 aromatic carbocycles. The van der Waals surface area contributed by atoms with Gasteiger partial charge in [0.1, 0.15) is 29.7 Å². The summed E-state index contributed by atoms with van der Waals surface area (Å²) in [4.78, 5) is 12.6. The Morgan fingerprint density at radius 3 is 2.27 bits per heavy atom. The zero-order valence-electron chi connectivity index (χ0n) is 12.0. The van der Waals surface area contributed by atoms with Gasteiger partial charge in [0.05, 0.1) is 0 Å². The van der Waals surface area contributed by atoms with Crippen molar-refractivity contribution in [1.82, 2.24) is 15.0 Å². The second kappa shape index (κ2) is 6.46. The molecule has 0 aliphatic heterocycles. The lowest BCUT2D eigenvalue weighted by Gasteiger charge is -2.11. The molecule has 2 aromatic heterocycles. The Balaban J connectivity index is 2.34. The van der Waals surface area contributed by atoms with Crippen LogP contribution in [0.5, 0.6) is 0 Å². The molecule has 0 aliphatic rings. The summed E-state index contributed by atoms with van der Waals surface area (Å²) < 4.78 is 36.9. The molecule has 0 spiro atoms. The van der Waals surface area contributed by atoms with E-state index >= 15 is 0 Å². The molecule has 22 heavy (non-hydrogen) atoms. The molecule has 0 saturated heterocycles. The number of alkyl halides is 3. The Morgan fingerprint density at radius 1 is 0.955 bits per heavy atom. The van der Waals surface area contributed by atoms with Gasteiger partial charge in [-0.15, -0.1) is 0 Å². The van der Waals surface area contributed by atoms with Crippen LogP contribution in [-0.4, -0.2) is 41.8 Å². The normalized spacial score (nSPS) is 11.1. The van der Waals surface area contributed by atoms with Crippen molar-refractivity contribution in [3.8, 4) is 11.5 Å². The molecular weight excluding hydrogens is 297 g/mol. The van der Waals surface area contributed by atoms with E-state index in [4.69, 9.17) is 0 Å². The van der Waals surface area contributed by atoms with Crippen LogP contribution in [0.3, 0.4) is 0 Å². The van der Waals surface area contributed by atoms with Gasteiger partial charge in [0.15, 0.2) is 5.82 Å². The van der Waals surface area contributed by atoms with Gasteiger partial charge in [-0.25, -0.2) is 15.0 Å². The van der Waals surface area contributed by atoms with Gasteiger partial charge in [0.25, 0.3) is 0 Å². The van der Waals surface area contributed by atoms with Crippen LogP contribution < -0.4 is 16.0 Å². The van der Waals surface area contributed by atoms with Crippen molar-refractivity contribution in [2.45, 2.75) is 6.18 Å². The summed E-state index contributed by atoms with van der Waals surface area (Å²) in [6.45, 7) is -1.17. The topological polar surface area (TPSA) is 74.8 Å². The van der Waals surface area contributed by atoms with E-state index in [0.29, 0.717) is 17.3 Å². The number of rotatable bonds is 5. The lowest BCUT2D eigenvalue weighted by molar-refractivity contribution is -0.115. The van der Waals surface area contributed by atoms with Crippen LogP contribution in [0.2, 0.25) is 0 Å². The number of halogens is 3. The minimum Gasteiger partial charge on any atom is -0.373 e. The molecule has 3 N–H and O–H groups in total. The van der Waals surface area contributed by atoms with Gasteiger partial charge >= 0.3 is 6.18 Å². The minimum atomic E-state index is -4.32. The summed E-state index contributed by atoms with van der Waals surface area (Å²) >= 11 is 0. The monoisotopic (exact) mass is 312 g/mol. The van der Waals surface area contributed by atoms with Crippen LogP contribution >= 0.6 is 0 Å². The zero-order chi connectivity index (χ0) is 16.2. The standard InChI is InChI=1S/C13H15F3N6/c1-17-9-5-3-4-8(20-9)12-21-10(18-2)6-11(22-12)19-7-13(14,15)16/h3-6H,7H2,1-2H3,(H,17,20)(H2,18,19,21,22). The fourth-order valence-corrected chi connectivity index (χ4v) is 1.67. The van der Waals surface area contributed by atoms with E-state index in [-0.39, 0.29) is 11.6 Å². The Labute approximate surface area is 125 Å². The Kier molecular flexibility index (Phi) is 4.64. The second-order valence-electron chi connectivity index (χ2n) is 4.34. The van der Waals surface area contributed by atoms with Crippen LogP contribution in [-0.2, 0) is 0 Å². The average Bonchev–Trinajstić information content (AvgIpc) is 2.52. The van der Waals surface area contributed by atoms with Crippen LogP contribution in [0.25, 0.3) is 11.5 Å². The maximum Gasteiger partial charge on any atom is 0.405 e. The van der Waals surface area contributed by atoms with E-state index in [1.165, 1.54) is 6.07 Å². The number of pyridine rings is 1. The molecular formula is C13H15F3N6. The van der Waals surface area contributed by atoms with Crippen molar-refractivity contribution < 1.29 is 13.2 Å². The van der Waals surface area contributed by atoms with Crippen LogP contribution in [0, 0.1) is 0 Å². The van der Waals surface area contributed by atoms with E-state index in [9.17, 15) is 13.2 Å². The summed E-state index contributed by atoms with van der Waals surface area (Å²) in [5.74, 6) is 1.31. The van der Waals surface area contributed by atoms with E-state index in [1.54, 1.807) is 32.3 Å². The van der Waals surface area contributed by atoms with Gasteiger partial charge in [0, 0.05) is 20.2 Å². The molecule has 0 fully saturated rings. The summed E-state index contributed by atoms with van der Waals surface area (Å²) in [5, 5.41) is 7.90. The molecule has 2 aromatic rings. The van der Waals surface area contributed by atoms with Gasteiger partial charge in [-0.1, -0.05) is 6.07 Å². The quantitative estimate of drug-likeness (QED) is 0.788. The molecule has 2 rings (SSSR count). The summed E-state index contributed by atoms with van der Waals surface area (Å²) in [7, 11) is 3.34. The molecule has 0 aliphatic carbocycles. The summed E-state index contributed by atoms with van der Waals surface area (Å²) in [6.07, 6.45) is -4.32. The van der Waals surface area contributed by atoms with Gasteiger partial charge < -0.3 is 16.0 Å². The molecule has 0 atom stereocenters. The van der Waals surface area contributed by atoms with E-state index in [2.05, 4.69) is 30.9 Å². The Morgan fingerprint density at radius 2 is 1.64 bits per heavy atom. The number of nitrogens with one attached hydrogen (secondary N) is 3. The molecule has 0 amide bonds. The van der Waals surface area contributed by atoms with E-state index in [0.717, 1.165) is 0 Å². The maximum atomic E-state index is 12.3. The highest BCUT2D eigenvalue weighted by Crippen LogP contribution is 2.21. The first-order valence-corrected chi connectivity index (χ1v) is 6.44. The van der Waals surface area contributed by atoms with Gasteiger partial charge in [0.2, 0.25) is 0 Å². The third kappa shape index (κ3) is 4.21. The third-order valence-electron chi connectivity index (χ3n) is 2.69. The molecule has 0 saturated carbocycles. The first kappa shape index (κ1) is 15.8. The molecule has 6 nitrogen and oxygen atoms in total. The van der Waals surface area contributed by atoms with Crippen LogP contribution in [0.4, 0.5) is 30.6 Å². The third-order valence-corrected chi connectivity index (χ3v) is 2.69. The Bertz CT molecular complexity index is 644. The number of nitrogens with zero attached hydrogens (tertiary/aromatic N) is 3. The van der Waals surface area contributed by atoms with Gasteiger partial charge in [-0.3, -0.25) is 0 Å². The molecule has 0 radical (unpaired) electrons. The first-order valence-electron chi connectivity index (χ1n) is 6.44. The zero-order valence-corrected chi connectivity index (χ0v) is 12.0. The lowest BCUT2D eigenvalue weighted by atomic mass is 10.3. The van der Waals surface area contributed by atoms with Crippen molar-refractivity contribution in [3.05, 3.63) is 24.3 Å². The second-order valence-corrected chi connectivity index (χ2v) is 4.34. The van der Waals surface area contributed by atoms with Crippen LogP contribution in [0.1, 0.15) is 0 Å². The van der Waals surface area contributed by atoms with Crippen molar-refractivity contribution in [1.29, 1.82) is 0 Å². The predicted octanol–water partition coefficient (Wildman–Crippen LogP) is 2.60. The maximum absolute atomic E-state index is 12.3. The number of hydrogen-bond acceptors (Lipinski definition) is 6. The molecule has 0 bridgehead atoms. The number of aromatic nitrogens is 3. The molecule has 0 unspecified atom stereocenters. The van der Waals surface area contributed by atoms with Crippen LogP contribution in [0.15, 0.2) is 24.3 Å². The largest absolute Gasteiger partial charge is 0.405 e. The Hall–Kier alpha value is -2.58. The molecule has 2 heterocycles. The van der Waals surface area contributed by atoms with Gasteiger partial charge in [-0.05, 0) is 12.1 Å². The number of anilines is 3. The SMILES string of the molecule is CNc1cccc(-c2nc(NC)cc(NCC(F)(F)F)n2)n1.